The average Bonchev–Trinajstić information content (AvgIpc) is 2.41. The summed E-state index contributed by atoms with van der Waals surface area (Å²) in [5.41, 5.74) is 1.12. The van der Waals surface area contributed by atoms with E-state index in [1.54, 1.807) is 24.3 Å². The second kappa shape index (κ2) is 5.63. The van der Waals surface area contributed by atoms with Crippen molar-refractivity contribution in [2.24, 2.45) is 0 Å². The van der Waals surface area contributed by atoms with Gasteiger partial charge in [0.25, 0.3) is 5.91 Å². The van der Waals surface area contributed by atoms with Crippen molar-refractivity contribution < 1.29 is 9.18 Å². The highest BCUT2D eigenvalue weighted by Gasteiger charge is 2.11. The lowest BCUT2D eigenvalue weighted by atomic mass is 10.2. The van der Waals surface area contributed by atoms with Crippen LogP contribution >= 0.6 is 15.9 Å². The molecule has 0 heterocycles. The zero-order valence-corrected chi connectivity index (χ0v) is 11.2. The molecule has 2 rings (SSSR count). The molecule has 0 saturated carbocycles. The Morgan fingerprint density at radius 1 is 1.26 bits per heavy atom. The number of benzene rings is 2. The second-order valence-electron chi connectivity index (χ2n) is 3.77. The number of nitrogens with one attached hydrogen (secondary N) is 1. The second-order valence-corrected chi connectivity index (χ2v) is 4.63. The van der Waals surface area contributed by atoms with Crippen LogP contribution in [0.25, 0.3) is 0 Å². The van der Waals surface area contributed by atoms with Crippen molar-refractivity contribution in [3.63, 3.8) is 0 Å². The Bertz CT molecular complexity index is 679. The van der Waals surface area contributed by atoms with Crippen molar-refractivity contribution in [2.45, 2.75) is 0 Å². The van der Waals surface area contributed by atoms with Gasteiger partial charge in [0, 0.05) is 10.2 Å². The Balaban J connectivity index is 2.26. The molecular formula is C14H8BrFN2O. The molecule has 5 heteroatoms. The summed E-state index contributed by atoms with van der Waals surface area (Å²) in [4.78, 5) is 12.0. The summed E-state index contributed by atoms with van der Waals surface area (Å²) in [5, 5.41) is 11.4. The van der Waals surface area contributed by atoms with Crippen molar-refractivity contribution in [3.05, 3.63) is 63.9 Å². The molecule has 0 aliphatic rings. The van der Waals surface area contributed by atoms with Crippen molar-refractivity contribution in [2.75, 3.05) is 5.32 Å². The largest absolute Gasteiger partial charge is 0.322 e. The van der Waals surface area contributed by atoms with Gasteiger partial charge in [-0.2, -0.15) is 5.26 Å². The highest BCUT2D eigenvalue weighted by molar-refractivity contribution is 9.10. The summed E-state index contributed by atoms with van der Waals surface area (Å²) < 4.78 is 13.6. The lowest BCUT2D eigenvalue weighted by Gasteiger charge is -2.07. The fraction of sp³-hybridized carbons (Fsp3) is 0. The molecule has 94 valence electrons. The zero-order valence-electron chi connectivity index (χ0n) is 9.65. The topological polar surface area (TPSA) is 52.9 Å². The molecule has 0 bridgehead atoms. The van der Waals surface area contributed by atoms with Gasteiger partial charge in [-0.15, -0.1) is 0 Å². The van der Waals surface area contributed by atoms with Crippen LogP contribution in [0.1, 0.15) is 15.9 Å². The van der Waals surface area contributed by atoms with Gasteiger partial charge >= 0.3 is 0 Å². The average molecular weight is 319 g/mol. The van der Waals surface area contributed by atoms with Crippen molar-refractivity contribution in [3.8, 4) is 6.07 Å². The summed E-state index contributed by atoms with van der Waals surface area (Å²) in [6, 6.07) is 12.4. The molecule has 2 aromatic rings. The maximum atomic E-state index is 13.1. The van der Waals surface area contributed by atoms with Gasteiger partial charge in [0.15, 0.2) is 0 Å². The van der Waals surface area contributed by atoms with Gasteiger partial charge in [-0.25, -0.2) is 4.39 Å². The molecule has 0 aromatic heterocycles. The van der Waals surface area contributed by atoms with E-state index in [9.17, 15) is 9.18 Å². The quantitative estimate of drug-likeness (QED) is 0.917. The standard InChI is InChI=1S/C14H8BrFN2O/c15-13-5-4-10(16)7-12(13)14(19)18-11-3-1-2-9(6-11)8-17/h1-7H,(H,18,19). The SMILES string of the molecule is N#Cc1cccc(NC(=O)c2cc(F)ccc2Br)c1. The molecule has 1 N–H and O–H groups in total. The van der Waals surface area contributed by atoms with Crippen LogP contribution in [0.15, 0.2) is 46.9 Å². The minimum Gasteiger partial charge on any atom is -0.322 e. The van der Waals surface area contributed by atoms with Crippen LogP contribution in [0.2, 0.25) is 0 Å². The number of anilines is 1. The fourth-order valence-corrected chi connectivity index (χ4v) is 1.96. The third-order valence-corrected chi connectivity index (χ3v) is 3.11. The van der Waals surface area contributed by atoms with Gasteiger partial charge in [0.05, 0.1) is 17.2 Å². The lowest BCUT2D eigenvalue weighted by Crippen LogP contribution is -2.13. The number of carbonyl (C=O) groups excluding carboxylic acids is 1. The fourth-order valence-electron chi connectivity index (χ4n) is 1.54. The molecule has 19 heavy (non-hydrogen) atoms. The first-order chi connectivity index (χ1) is 9.10. The number of carbonyl (C=O) groups is 1. The van der Waals surface area contributed by atoms with E-state index in [0.29, 0.717) is 15.7 Å². The summed E-state index contributed by atoms with van der Waals surface area (Å²) in [6.07, 6.45) is 0. The Labute approximate surface area is 117 Å². The number of nitrogens with zero attached hydrogens (tertiary/aromatic N) is 1. The van der Waals surface area contributed by atoms with Gasteiger partial charge < -0.3 is 5.32 Å². The number of nitriles is 1. The predicted molar refractivity (Wildman–Crippen MR) is 73.2 cm³/mol. The van der Waals surface area contributed by atoms with Crippen LogP contribution in [-0.2, 0) is 0 Å². The molecule has 3 nitrogen and oxygen atoms in total. The molecule has 0 fully saturated rings. The van der Waals surface area contributed by atoms with Crippen LogP contribution in [-0.4, -0.2) is 5.91 Å². The number of hydrogen-bond donors (Lipinski definition) is 1. The van der Waals surface area contributed by atoms with Crippen LogP contribution in [0.4, 0.5) is 10.1 Å². The highest BCUT2D eigenvalue weighted by atomic mass is 79.9. The molecule has 1 amide bonds. The summed E-state index contributed by atoms with van der Waals surface area (Å²) in [7, 11) is 0. The Kier molecular flexibility index (Phi) is 3.93. The summed E-state index contributed by atoms with van der Waals surface area (Å²) >= 11 is 3.19. The van der Waals surface area contributed by atoms with E-state index in [4.69, 9.17) is 5.26 Å². The normalized spacial score (nSPS) is 9.74. The Hall–Kier alpha value is -2.19. The molecular weight excluding hydrogens is 311 g/mol. The lowest BCUT2D eigenvalue weighted by molar-refractivity contribution is 0.102. The minimum absolute atomic E-state index is 0.197. The van der Waals surface area contributed by atoms with Gasteiger partial charge in [0.1, 0.15) is 5.82 Å². The summed E-state index contributed by atoms with van der Waals surface area (Å²) in [6.45, 7) is 0. The van der Waals surface area contributed by atoms with Crippen LogP contribution in [0, 0.1) is 17.1 Å². The Morgan fingerprint density at radius 3 is 2.79 bits per heavy atom. The first-order valence-electron chi connectivity index (χ1n) is 5.37. The molecule has 0 atom stereocenters. The van der Waals surface area contributed by atoms with Crippen LogP contribution in [0.5, 0.6) is 0 Å². The predicted octanol–water partition coefficient (Wildman–Crippen LogP) is 3.71. The highest BCUT2D eigenvalue weighted by Crippen LogP contribution is 2.19. The van der Waals surface area contributed by atoms with Gasteiger partial charge in [-0.05, 0) is 52.3 Å². The Morgan fingerprint density at radius 2 is 2.05 bits per heavy atom. The third-order valence-electron chi connectivity index (χ3n) is 2.42. The maximum absolute atomic E-state index is 13.1. The molecule has 0 spiro atoms. The van der Waals surface area contributed by atoms with E-state index in [-0.39, 0.29) is 5.56 Å². The van der Waals surface area contributed by atoms with E-state index in [0.717, 1.165) is 6.07 Å². The number of hydrogen-bond acceptors (Lipinski definition) is 2. The number of rotatable bonds is 2. The molecule has 0 saturated heterocycles. The molecule has 0 aliphatic heterocycles. The van der Waals surface area contributed by atoms with Gasteiger partial charge in [0.2, 0.25) is 0 Å². The van der Waals surface area contributed by atoms with Crippen molar-refractivity contribution in [1.29, 1.82) is 5.26 Å². The minimum atomic E-state index is -0.487. The smallest absolute Gasteiger partial charge is 0.256 e. The molecule has 0 unspecified atom stereocenters. The monoisotopic (exact) mass is 318 g/mol. The maximum Gasteiger partial charge on any atom is 0.256 e. The molecule has 0 radical (unpaired) electrons. The van der Waals surface area contributed by atoms with Crippen LogP contribution in [0.3, 0.4) is 0 Å². The van der Waals surface area contributed by atoms with E-state index in [1.165, 1.54) is 12.1 Å². The number of halogens is 2. The first-order valence-corrected chi connectivity index (χ1v) is 6.16. The third kappa shape index (κ3) is 3.18. The van der Waals surface area contributed by atoms with Gasteiger partial charge in [-0.1, -0.05) is 6.07 Å². The number of amides is 1. The zero-order chi connectivity index (χ0) is 13.8. The van der Waals surface area contributed by atoms with E-state index >= 15 is 0 Å². The van der Waals surface area contributed by atoms with E-state index < -0.39 is 11.7 Å². The van der Waals surface area contributed by atoms with Crippen LogP contribution < -0.4 is 5.32 Å². The molecule has 2 aromatic carbocycles. The first kappa shape index (κ1) is 13.2. The van der Waals surface area contributed by atoms with Crippen molar-refractivity contribution >= 4 is 27.5 Å². The molecule has 0 aliphatic carbocycles. The van der Waals surface area contributed by atoms with E-state index in [2.05, 4.69) is 21.2 Å². The van der Waals surface area contributed by atoms with Gasteiger partial charge in [-0.3, -0.25) is 4.79 Å². The van der Waals surface area contributed by atoms with E-state index in [1.807, 2.05) is 6.07 Å². The van der Waals surface area contributed by atoms with Crippen molar-refractivity contribution in [1.82, 2.24) is 0 Å². The summed E-state index contributed by atoms with van der Waals surface area (Å²) in [5.74, 6) is -0.930.